The van der Waals surface area contributed by atoms with Crippen molar-refractivity contribution in [3.63, 3.8) is 0 Å². The summed E-state index contributed by atoms with van der Waals surface area (Å²) < 4.78 is 7.43. The largest absolute Gasteiger partial charge is 0.299 e. The van der Waals surface area contributed by atoms with Gasteiger partial charge in [0.05, 0.1) is 54.2 Å². The molecule has 22 rings (SSSR count). The van der Waals surface area contributed by atoms with Gasteiger partial charge in [-0.3, -0.25) is 8.80 Å². The van der Waals surface area contributed by atoms with Gasteiger partial charge in [-0.05, 0) is 161 Å². The first-order valence-corrected chi connectivity index (χ1v) is 38.1. The van der Waals surface area contributed by atoms with Crippen molar-refractivity contribution in [3.8, 4) is 112 Å². The van der Waals surface area contributed by atoms with E-state index in [2.05, 4.69) is 385 Å². The predicted octanol–water partition coefficient (Wildman–Crippen LogP) is 27.5. The number of nitrogens with zero attached hydrogens (tertiary/aromatic N) is 6. The third-order valence-electron chi connectivity index (χ3n) is 21.2. The number of hydrogen-bond acceptors (Lipinski definition) is 6. The zero-order valence-corrected chi connectivity index (χ0v) is 59.9. The van der Waals surface area contributed by atoms with E-state index in [1.54, 1.807) is 0 Å². The Bertz CT molecular complexity index is 7130. The van der Waals surface area contributed by atoms with Gasteiger partial charge in [-0.15, -0.1) is 22.7 Å². The van der Waals surface area contributed by atoms with Crippen LogP contribution >= 0.6 is 22.7 Å². The van der Waals surface area contributed by atoms with Crippen LogP contribution in [0.1, 0.15) is 0 Å². The van der Waals surface area contributed by atoms with Gasteiger partial charge < -0.3 is 0 Å². The van der Waals surface area contributed by atoms with Gasteiger partial charge in [0, 0.05) is 55.3 Å². The third-order valence-corrected chi connectivity index (χ3v) is 23.5. The molecule has 0 N–H and O–H groups in total. The molecule has 0 saturated carbocycles. The Labute approximate surface area is 630 Å². The standard InChI is InChI=1S/2C50H31N3S/c1-3-12-36-29-40(26-22-32(36)10-1)44-31-43(51-49(52-44)41-27-23-33-11-2-4-13-37(33)30-41)39-15-9-14-38(28-39)34-20-24-35(25-21-34)48-42-16-5-6-17-45(42)53-46-18-7-8-19-47(46)54-50(48)53;1-3-12-36-28-39(26-22-32(36)10-1)44-31-43(51-49(52-44)41-27-23-33-11-2-4-13-37(33)30-41)35-24-20-34(21-25-35)38-14-9-15-40(29-38)48-42-16-5-6-17-45(42)53-46-18-7-8-19-47(46)54-50(48)53/h2*1-31H. The minimum atomic E-state index is 0.712. The van der Waals surface area contributed by atoms with Gasteiger partial charge >= 0.3 is 0 Å². The second-order valence-electron chi connectivity index (χ2n) is 27.7. The highest BCUT2D eigenvalue weighted by Crippen LogP contribution is 2.46. The molecule has 22 aromatic rings. The molecule has 0 amide bonds. The molecule has 0 aliphatic carbocycles. The molecule has 0 bridgehead atoms. The van der Waals surface area contributed by atoms with Crippen LogP contribution in [0, 0.1) is 0 Å². The lowest BCUT2D eigenvalue weighted by Gasteiger charge is -2.12. The Hall–Kier alpha value is -13.8. The van der Waals surface area contributed by atoms with Crippen molar-refractivity contribution in [1.29, 1.82) is 0 Å². The van der Waals surface area contributed by atoms with Crippen LogP contribution in [0.3, 0.4) is 0 Å². The number of benzene rings is 16. The Morgan fingerprint density at radius 2 is 0.481 bits per heavy atom. The van der Waals surface area contributed by atoms with Crippen molar-refractivity contribution in [1.82, 2.24) is 28.7 Å². The van der Waals surface area contributed by atoms with E-state index in [1.807, 2.05) is 22.7 Å². The molecule has 0 atom stereocenters. The number of thiazole rings is 2. The summed E-state index contributed by atoms with van der Waals surface area (Å²) in [6.45, 7) is 0. The SMILES string of the molecule is c1cc(-c2ccc(-c3c4ccccc4n4c3sc3ccccc34)cc2)cc(-c2cc(-c3ccc4ccccc4c3)nc(-c3ccc4ccccc4c3)n2)c1.c1cc(-c2ccc(-c3cc(-c4ccc5ccccc5c4)nc(-c4ccc5ccccc5c4)n3)cc2)cc(-c2c3ccccc3n3c2sc2ccccc23)c1. The second-order valence-corrected chi connectivity index (χ2v) is 29.8. The van der Waals surface area contributed by atoms with Gasteiger partial charge in [-0.1, -0.05) is 291 Å². The number of rotatable bonds is 10. The van der Waals surface area contributed by atoms with Crippen LogP contribution in [0.4, 0.5) is 0 Å². The van der Waals surface area contributed by atoms with Crippen LogP contribution in [0.25, 0.3) is 207 Å². The highest BCUT2D eigenvalue weighted by molar-refractivity contribution is 7.25. The smallest absolute Gasteiger partial charge is 0.160 e. The maximum atomic E-state index is 5.21. The summed E-state index contributed by atoms with van der Waals surface area (Å²) in [5, 5.41) is 12.1. The predicted molar refractivity (Wildman–Crippen MR) is 456 cm³/mol. The van der Waals surface area contributed by atoms with Gasteiger partial charge in [-0.25, -0.2) is 19.9 Å². The minimum absolute atomic E-state index is 0.712. The molecule has 0 saturated heterocycles. The fourth-order valence-corrected chi connectivity index (χ4v) is 18.3. The highest BCUT2D eigenvalue weighted by Gasteiger charge is 2.22. The van der Waals surface area contributed by atoms with Crippen LogP contribution in [-0.2, 0) is 0 Å². The molecule has 6 nitrogen and oxygen atoms in total. The monoisotopic (exact) mass is 1410 g/mol. The summed E-state index contributed by atoms with van der Waals surface area (Å²) in [4.78, 5) is 23.3. The van der Waals surface area contributed by atoms with Gasteiger partial charge in [0.25, 0.3) is 0 Å². The average Bonchev–Trinajstić information content (AvgIpc) is 1.56. The van der Waals surface area contributed by atoms with E-state index in [4.69, 9.17) is 19.9 Å². The van der Waals surface area contributed by atoms with E-state index >= 15 is 0 Å². The average molecular weight is 1410 g/mol. The van der Waals surface area contributed by atoms with Crippen LogP contribution < -0.4 is 0 Å². The lowest BCUT2D eigenvalue weighted by atomic mass is 9.97. The second kappa shape index (κ2) is 26.1. The van der Waals surface area contributed by atoms with Crippen LogP contribution in [0.5, 0.6) is 0 Å². The van der Waals surface area contributed by atoms with Crippen molar-refractivity contribution < 1.29 is 0 Å². The molecule has 0 radical (unpaired) electrons. The molecule has 8 heteroatoms. The van der Waals surface area contributed by atoms with E-state index in [0.717, 1.165) is 72.8 Å². The van der Waals surface area contributed by atoms with Crippen molar-refractivity contribution >= 4 is 118 Å². The number of aromatic nitrogens is 6. The number of hydrogen-bond donors (Lipinski definition) is 0. The molecule has 504 valence electrons. The van der Waals surface area contributed by atoms with Gasteiger partial charge in [0.1, 0.15) is 9.66 Å². The number of fused-ring (bicyclic) bond motifs is 14. The molecular formula is C100H62N6S2. The Morgan fingerprint density at radius 1 is 0.185 bits per heavy atom. The topological polar surface area (TPSA) is 60.4 Å². The van der Waals surface area contributed by atoms with Crippen LogP contribution in [0.2, 0.25) is 0 Å². The minimum Gasteiger partial charge on any atom is -0.299 e. The molecule has 6 aromatic heterocycles. The normalized spacial score (nSPS) is 11.7. The first-order chi connectivity index (χ1) is 53.5. The van der Waals surface area contributed by atoms with Crippen molar-refractivity contribution in [2.24, 2.45) is 0 Å². The molecule has 108 heavy (non-hydrogen) atoms. The molecule has 16 aromatic carbocycles. The fourth-order valence-electron chi connectivity index (χ4n) is 15.8. The van der Waals surface area contributed by atoms with E-state index in [-0.39, 0.29) is 0 Å². The molecule has 0 fully saturated rings. The summed E-state index contributed by atoms with van der Waals surface area (Å²) in [6, 6.07) is 135. The van der Waals surface area contributed by atoms with Crippen molar-refractivity contribution in [3.05, 3.63) is 376 Å². The lowest BCUT2D eigenvalue weighted by Crippen LogP contribution is -1.96. The Kier molecular flexibility index (Phi) is 15.2. The van der Waals surface area contributed by atoms with E-state index in [1.165, 1.54) is 123 Å². The van der Waals surface area contributed by atoms with E-state index < -0.39 is 0 Å². The van der Waals surface area contributed by atoms with Gasteiger partial charge in [-0.2, -0.15) is 0 Å². The maximum absolute atomic E-state index is 5.21. The van der Waals surface area contributed by atoms with Gasteiger partial charge in [0.2, 0.25) is 0 Å². The Morgan fingerprint density at radius 3 is 0.926 bits per heavy atom. The molecular weight excluding hydrogens is 1350 g/mol. The summed E-state index contributed by atoms with van der Waals surface area (Å²) in [7, 11) is 0. The fraction of sp³-hybridized carbons (Fsp3) is 0. The quantitative estimate of drug-likeness (QED) is 0.137. The molecule has 0 aliphatic heterocycles. The van der Waals surface area contributed by atoms with E-state index in [9.17, 15) is 0 Å². The highest BCUT2D eigenvalue weighted by atomic mass is 32.1. The molecule has 0 aliphatic rings. The van der Waals surface area contributed by atoms with Crippen LogP contribution in [0.15, 0.2) is 376 Å². The van der Waals surface area contributed by atoms with Crippen molar-refractivity contribution in [2.45, 2.75) is 0 Å². The first-order valence-electron chi connectivity index (χ1n) is 36.5. The summed E-state index contributed by atoms with van der Waals surface area (Å²) in [6.07, 6.45) is 0. The molecule has 6 heterocycles. The summed E-state index contributed by atoms with van der Waals surface area (Å²) in [5.41, 5.74) is 24.5. The van der Waals surface area contributed by atoms with Crippen molar-refractivity contribution in [2.75, 3.05) is 0 Å². The zero-order valence-electron chi connectivity index (χ0n) is 58.3. The van der Waals surface area contributed by atoms with Crippen LogP contribution in [-0.4, -0.2) is 28.7 Å². The molecule has 0 spiro atoms. The number of para-hydroxylation sites is 4. The summed E-state index contributed by atoms with van der Waals surface area (Å²) in [5.74, 6) is 1.43. The van der Waals surface area contributed by atoms with Gasteiger partial charge in [0.15, 0.2) is 11.6 Å². The first kappa shape index (κ1) is 62.8. The Balaban J connectivity index is 0.000000138. The lowest BCUT2D eigenvalue weighted by molar-refractivity contribution is 1.18. The molecule has 0 unspecified atom stereocenters. The zero-order chi connectivity index (χ0) is 71.2. The summed E-state index contributed by atoms with van der Waals surface area (Å²) >= 11 is 3.72. The van der Waals surface area contributed by atoms with E-state index in [0.29, 0.717) is 11.6 Å². The third kappa shape index (κ3) is 11.2. The maximum Gasteiger partial charge on any atom is 0.160 e.